The predicted octanol–water partition coefficient (Wildman–Crippen LogP) is 2.02. The summed E-state index contributed by atoms with van der Waals surface area (Å²) in [6.07, 6.45) is 1.69. The first-order valence-electron chi connectivity index (χ1n) is 6.15. The lowest BCUT2D eigenvalue weighted by molar-refractivity contribution is 0.0574. The fourth-order valence-corrected chi connectivity index (χ4v) is 2.30. The molecule has 4 nitrogen and oxygen atoms in total. The third-order valence-corrected chi connectivity index (χ3v) is 3.03. The Hall–Kier alpha value is -0.840. The van der Waals surface area contributed by atoms with Crippen LogP contribution in [-0.2, 0) is 4.74 Å². The van der Waals surface area contributed by atoms with Gasteiger partial charge in [0.1, 0.15) is 5.76 Å². The van der Waals surface area contributed by atoms with Gasteiger partial charge in [-0.15, -0.1) is 0 Å². The topological polar surface area (TPSA) is 51.6 Å². The summed E-state index contributed by atoms with van der Waals surface area (Å²) in [6.45, 7) is 7.89. The first kappa shape index (κ1) is 14.2. The molecule has 1 aromatic rings. The molecule has 0 fully saturated rings. The van der Waals surface area contributed by atoms with E-state index < -0.39 is 0 Å². The highest BCUT2D eigenvalue weighted by Gasteiger charge is 2.28. The summed E-state index contributed by atoms with van der Waals surface area (Å²) >= 11 is 0. The van der Waals surface area contributed by atoms with Crippen molar-refractivity contribution in [2.75, 3.05) is 20.3 Å². The molecule has 0 aliphatic rings. The number of hydrogen-bond acceptors (Lipinski definition) is 4. The summed E-state index contributed by atoms with van der Waals surface area (Å²) in [5.74, 6) is 0.921. The van der Waals surface area contributed by atoms with Crippen LogP contribution >= 0.6 is 0 Å². The first-order valence-corrected chi connectivity index (χ1v) is 6.15. The highest BCUT2D eigenvalue weighted by Crippen LogP contribution is 2.25. The normalized spacial score (nSPS) is 17.1. The zero-order valence-corrected chi connectivity index (χ0v) is 11.2. The number of furan rings is 1. The van der Waals surface area contributed by atoms with Gasteiger partial charge in [-0.3, -0.25) is 4.90 Å². The quantitative estimate of drug-likeness (QED) is 0.792. The number of nitrogens with zero attached hydrogens (tertiary/aromatic N) is 1. The van der Waals surface area contributed by atoms with Gasteiger partial charge in [0.25, 0.3) is 0 Å². The maximum Gasteiger partial charge on any atom is 0.122 e. The van der Waals surface area contributed by atoms with E-state index in [1.807, 2.05) is 19.1 Å². The van der Waals surface area contributed by atoms with E-state index in [2.05, 4.69) is 18.7 Å². The molecule has 3 atom stereocenters. The van der Waals surface area contributed by atoms with E-state index in [9.17, 15) is 0 Å². The molecular weight excluding hydrogens is 216 g/mol. The summed E-state index contributed by atoms with van der Waals surface area (Å²) < 4.78 is 10.7. The fraction of sp³-hybridized carbons (Fsp3) is 0.692. The van der Waals surface area contributed by atoms with Crippen molar-refractivity contribution in [1.29, 1.82) is 0 Å². The van der Waals surface area contributed by atoms with Crippen molar-refractivity contribution in [1.82, 2.24) is 4.90 Å². The lowest BCUT2D eigenvalue weighted by atomic mass is 10.0. The lowest BCUT2D eigenvalue weighted by Gasteiger charge is -2.36. The Balaban J connectivity index is 2.88. The van der Waals surface area contributed by atoms with Crippen molar-refractivity contribution in [3.8, 4) is 0 Å². The molecule has 0 aliphatic heterocycles. The van der Waals surface area contributed by atoms with Crippen molar-refractivity contribution in [2.45, 2.75) is 38.9 Å². The van der Waals surface area contributed by atoms with Gasteiger partial charge >= 0.3 is 0 Å². The Morgan fingerprint density at radius 3 is 2.59 bits per heavy atom. The van der Waals surface area contributed by atoms with E-state index in [-0.39, 0.29) is 12.1 Å². The highest BCUT2D eigenvalue weighted by atomic mass is 16.5. The van der Waals surface area contributed by atoms with Gasteiger partial charge < -0.3 is 14.9 Å². The third kappa shape index (κ3) is 3.56. The van der Waals surface area contributed by atoms with Crippen molar-refractivity contribution in [3.63, 3.8) is 0 Å². The van der Waals surface area contributed by atoms with Crippen LogP contribution < -0.4 is 5.73 Å². The van der Waals surface area contributed by atoms with Gasteiger partial charge in [0.2, 0.25) is 0 Å². The Labute approximate surface area is 104 Å². The van der Waals surface area contributed by atoms with Gasteiger partial charge in [0.15, 0.2) is 0 Å². The van der Waals surface area contributed by atoms with Crippen molar-refractivity contribution >= 4 is 0 Å². The summed E-state index contributed by atoms with van der Waals surface area (Å²) in [7, 11) is 1.72. The minimum absolute atomic E-state index is 0.0143. The number of nitrogens with two attached hydrogens (primary N) is 1. The molecule has 0 amide bonds. The lowest BCUT2D eigenvalue weighted by Crippen LogP contribution is -2.45. The number of rotatable bonds is 7. The summed E-state index contributed by atoms with van der Waals surface area (Å²) in [4.78, 5) is 2.31. The molecule has 0 aromatic carbocycles. The summed E-state index contributed by atoms with van der Waals surface area (Å²) in [5.41, 5.74) is 6.10. The maximum absolute atomic E-state index is 6.10. The number of ether oxygens (including phenoxy) is 1. The van der Waals surface area contributed by atoms with Crippen LogP contribution in [0.2, 0.25) is 0 Å². The molecule has 98 valence electrons. The SMILES string of the molecule is CCN(C(C)COC)C(c1ccco1)C(C)N. The molecule has 17 heavy (non-hydrogen) atoms. The van der Waals surface area contributed by atoms with Gasteiger partial charge in [-0.2, -0.15) is 0 Å². The molecule has 4 heteroatoms. The van der Waals surface area contributed by atoms with Crippen LogP contribution in [-0.4, -0.2) is 37.2 Å². The van der Waals surface area contributed by atoms with E-state index in [0.717, 1.165) is 12.3 Å². The molecule has 0 saturated heterocycles. The third-order valence-electron chi connectivity index (χ3n) is 3.03. The molecular formula is C13H24N2O2. The summed E-state index contributed by atoms with van der Waals surface area (Å²) in [5, 5.41) is 0. The Bertz CT molecular complexity index is 298. The van der Waals surface area contributed by atoms with Crippen LogP contribution in [0.25, 0.3) is 0 Å². The van der Waals surface area contributed by atoms with Crippen molar-refractivity contribution < 1.29 is 9.15 Å². The Morgan fingerprint density at radius 1 is 1.47 bits per heavy atom. The van der Waals surface area contributed by atoms with Crippen molar-refractivity contribution in [2.24, 2.45) is 5.73 Å². The maximum atomic E-state index is 6.10. The van der Waals surface area contributed by atoms with Gasteiger partial charge in [-0.25, -0.2) is 0 Å². The number of hydrogen-bond donors (Lipinski definition) is 1. The van der Waals surface area contributed by atoms with Crippen LogP contribution in [0.15, 0.2) is 22.8 Å². The van der Waals surface area contributed by atoms with Crippen LogP contribution in [0.1, 0.15) is 32.6 Å². The molecule has 3 unspecified atom stereocenters. The second-order valence-corrected chi connectivity index (χ2v) is 4.45. The minimum atomic E-state index is 0.0143. The molecule has 0 aliphatic carbocycles. The average molecular weight is 240 g/mol. The van der Waals surface area contributed by atoms with Gasteiger partial charge in [-0.05, 0) is 32.5 Å². The molecule has 1 aromatic heterocycles. The van der Waals surface area contributed by atoms with Crippen LogP contribution in [0, 0.1) is 0 Å². The second-order valence-electron chi connectivity index (χ2n) is 4.45. The molecule has 2 N–H and O–H groups in total. The van der Waals surface area contributed by atoms with E-state index in [4.69, 9.17) is 14.9 Å². The monoisotopic (exact) mass is 240 g/mol. The minimum Gasteiger partial charge on any atom is -0.468 e. The number of likely N-dealkylation sites (N-methyl/N-ethyl adjacent to an activating group) is 1. The molecule has 0 saturated carbocycles. The van der Waals surface area contributed by atoms with E-state index in [0.29, 0.717) is 12.6 Å². The fourth-order valence-electron chi connectivity index (χ4n) is 2.30. The molecule has 1 heterocycles. The average Bonchev–Trinajstić information content (AvgIpc) is 2.78. The second kappa shape index (κ2) is 6.79. The highest BCUT2D eigenvalue weighted by molar-refractivity contribution is 5.07. The molecule has 1 rings (SSSR count). The zero-order chi connectivity index (χ0) is 12.8. The standard InChI is InChI=1S/C13H24N2O2/c1-5-15(10(2)9-16-4)13(11(3)14)12-7-6-8-17-12/h6-8,10-11,13H,5,9,14H2,1-4H3. The van der Waals surface area contributed by atoms with Crippen LogP contribution in [0.3, 0.4) is 0 Å². The van der Waals surface area contributed by atoms with E-state index in [1.165, 1.54) is 0 Å². The summed E-state index contributed by atoms with van der Waals surface area (Å²) in [6, 6.07) is 4.31. The number of methoxy groups -OCH3 is 1. The van der Waals surface area contributed by atoms with E-state index in [1.54, 1.807) is 13.4 Å². The molecule has 0 bridgehead atoms. The van der Waals surface area contributed by atoms with Gasteiger partial charge in [0.05, 0.1) is 18.9 Å². The predicted molar refractivity (Wildman–Crippen MR) is 68.8 cm³/mol. The molecule has 0 spiro atoms. The zero-order valence-electron chi connectivity index (χ0n) is 11.2. The first-order chi connectivity index (χ1) is 8.11. The largest absolute Gasteiger partial charge is 0.468 e. The molecule has 0 radical (unpaired) electrons. The van der Waals surface area contributed by atoms with Crippen LogP contribution in [0.4, 0.5) is 0 Å². The Kier molecular flexibility index (Phi) is 5.68. The van der Waals surface area contributed by atoms with E-state index >= 15 is 0 Å². The van der Waals surface area contributed by atoms with Crippen LogP contribution in [0.5, 0.6) is 0 Å². The Morgan fingerprint density at radius 2 is 2.18 bits per heavy atom. The smallest absolute Gasteiger partial charge is 0.122 e. The van der Waals surface area contributed by atoms with Gasteiger partial charge in [0, 0.05) is 19.2 Å². The van der Waals surface area contributed by atoms with Gasteiger partial charge in [-0.1, -0.05) is 6.92 Å². The van der Waals surface area contributed by atoms with Crippen molar-refractivity contribution in [3.05, 3.63) is 24.2 Å².